The Bertz CT molecular complexity index is 859. The summed E-state index contributed by atoms with van der Waals surface area (Å²) >= 11 is 0. The molecular formula is C17H15N5O2. The topological polar surface area (TPSA) is 103 Å². The average molecular weight is 321 g/mol. The Labute approximate surface area is 138 Å². The van der Waals surface area contributed by atoms with Gasteiger partial charge in [0.05, 0.1) is 17.8 Å². The lowest BCUT2D eigenvalue weighted by Crippen LogP contribution is -2.33. The highest BCUT2D eigenvalue weighted by molar-refractivity contribution is 6.01. The van der Waals surface area contributed by atoms with Gasteiger partial charge in [0.25, 0.3) is 5.91 Å². The maximum Gasteiger partial charge on any atom is 0.255 e. The molecule has 0 saturated heterocycles. The largest absolute Gasteiger partial charge is 0.368 e. The summed E-state index contributed by atoms with van der Waals surface area (Å²) in [6, 6.07) is 13.0. The maximum absolute atomic E-state index is 12.4. The first kappa shape index (κ1) is 15.4. The molecule has 0 bridgehead atoms. The molecule has 0 spiro atoms. The molecule has 0 aliphatic rings. The molecule has 2 aromatic heterocycles. The van der Waals surface area contributed by atoms with Crippen LogP contribution in [-0.4, -0.2) is 33.1 Å². The minimum Gasteiger partial charge on any atom is -0.368 e. The molecule has 3 aromatic rings. The van der Waals surface area contributed by atoms with E-state index in [9.17, 15) is 9.59 Å². The van der Waals surface area contributed by atoms with E-state index in [4.69, 9.17) is 5.73 Å². The molecule has 0 radical (unpaired) electrons. The standard InChI is InChI=1S/C17H15N5O2/c18-15(23)10-20-17(24)14-11-22(13-6-2-1-3-7-13)21-16(14)12-5-4-8-19-9-12/h1-9,11H,10H2,(H2,18,23)(H,20,24). The van der Waals surface area contributed by atoms with Crippen molar-refractivity contribution in [2.45, 2.75) is 0 Å². The summed E-state index contributed by atoms with van der Waals surface area (Å²) in [6.45, 7) is -0.234. The van der Waals surface area contributed by atoms with Crippen molar-refractivity contribution in [3.05, 3.63) is 66.6 Å². The van der Waals surface area contributed by atoms with Crippen LogP contribution in [0.1, 0.15) is 10.4 Å². The smallest absolute Gasteiger partial charge is 0.255 e. The molecule has 7 heteroatoms. The van der Waals surface area contributed by atoms with Crippen LogP contribution in [0.4, 0.5) is 0 Å². The molecule has 0 fully saturated rings. The van der Waals surface area contributed by atoms with E-state index in [0.717, 1.165) is 5.69 Å². The van der Waals surface area contributed by atoms with Crippen LogP contribution in [0, 0.1) is 0 Å². The lowest BCUT2D eigenvalue weighted by atomic mass is 10.1. The number of nitrogens with two attached hydrogens (primary N) is 1. The zero-order valence-corrected chi connectivity index (χ0v) is 12.7. The minimum atomic E-state index is -0.610. The van der Waals surface area contributed by atoms with E-state index in [1.807, 2.05) is 36.4 Å². The fraction of sp³-hybridized carbons (Fsp3) is 0.0588. The van der Waals surface area contributed by atoms with Gasteiger partial charge in [0, 0.05) is 24.2 Å². The number of rotatable bonds is 5. The number of primary amides is 1. The molecule has 0 aliphatic carbocycles. The Kier molecular flexibility index (Phi) is 4.33. The summed E-state index contributed by atoms with van der Waals surface area (Å²) in [4.78, 5) is 27.4. The van der Waals surface area contributed by atoms with E-state index in [0.29, 0.717) is 16.8 Å². The molecule has 0 saturated carbocycles. The van der Waals surface area contributed by atoms with Gasteiger partial charge in [0.2, 0.25) is 5.91 Å². The normalized spacial score (nSPS) is 10.3. The number of benzene rings is 1. The van der Waals surface area contributed by atoms with Crippen LogP contribution in [-0.2, 0) is 4.79 Å². The van der Waals surface area contributed by atoms with Gasteiger partial charge in [-0.3, -0.25) is 14.6 Å². The van der Waals surface area contributed by atoms with Crippen LogP contribution in [0.3, 0.4) is 0 Å². The van der Waals surface area contributed by atoms with Crippen molar-refractivity contribution in [2.75, 3.05) is 6.54 Å². The molecule has 1 aromatic carbocycles. The van der Waals surface area contributed by atoms with Gasteiger partial charge in [-0.05, 0) is 24.3 Å². The van der Waals surface area contributed by atoms with Crippen molar-refractivity contribution in [3.63, 3.8) is 0 Å². The molecule has 0 aliphatic heterocycles. The molecule has 24 heavy (non-hydrogen) atoms. The molecule has 3 rings (SSSR count). The Hall–Kier alpha value is -3.48. The van der Waals surface area contributed by atoms with E-state index in [2.05, 4.69) is 15.4 Å². The van der Waals surface area contributed by atoms with Crippen molar-refractivity contribution < 1.29 is 9.59 Å². The number of hydrogen-bond acceptors (Lipinski definition) is 4. The van der Waals surface area contributed by atoms with E-state index < -0.39 is 11.8 Å². The highest BCUT2D eigenvalue weighted by Gasteiger charge is 2.19. The zero-order chi connectivity index (χ0) is 16.9. The van der Waals surface area contributed by atoms with Gasteiger partial charge in [0.15, 0.2) is 0 Å². The van der Waals surface area contributed by atoms with Gasteiger partial charge in [-0.1, -0.05) is 18.2 Å². The zero-order valence-electron chi connectivity index (χ0n) is 12.7. The van der Waals surface area contributed by atoms with E-state index in [1.54, 1.807) is 29.3 Å². The van der Waals surface area contributed by atoms with Gasteiger partial charge in [0.1, 0.15) is 5.69 Å². The third kappa shape index (κ3) is 3.30. The van der Waals surface area contributed by atoms with E-state index in [1.165, 1.54) is 0 Å². The fourth-order valence-electron chi connectivity index (χ4n) is 2.23. The number of aromatic nitrogens is 3. The van der Waals surface area contributed by atoms with Crippen LogP contribution >= 0.6 is 0 Å². The number of amides is 2. The van der Waals surface area contributed by atoms with Crippen LogP contribution < -0.4 is 11.1 Å². The molecule has 0 atom stereocenters. The Morgan fingerprint density at radius 2 is 1.92 bits per heavy atom. The van der Waals surface area contributed by atoms with Gasteiger partial charge < -0.3 is 11.1 Å². The Morgan fingerprint density at radius 3 is 2.58 bits per heavy atom. The number of hydrogen-bond donors (Lipinski definition) is 2. The Balaban J connectivity index is 2.03. The molecule has 7 nitrogen and oxygen atoms in total. The molecule has 120 valence electrons. The van der Waals surface area contributed by atoms with Gasteiger partial charge >= 0.3 is 0 Å². The van der Waals surface area contributed by atoms with Crippen molar-refractivity contribution >= 4 is 11.8 Å². The van der Waals surface area contributed by atoms with Crippen LogP contribution in [0.25, 0.3) is 16.9 Å². The molecule has 2 amide bonds. The predicted octanol–water partition coefficient (Wildman–Crippen LogP) is 1.15. The quantitative estimate of drug-likeness (QED) is 0.735. The lowest BCUT2D eigenvalue weighted by molar-refractivity contribution is -0.117. The number of pyridine rings is 1. The van der Waals surface area contributed by atoms with Crippen molar-refractivity contribution in [1.29, 1.82) is 0 Å². The van der Waals surface area contributed by atoms with E-state index in [-0.39, 0.29) is 6.54 Å². The summed E-state index contributed by atoms with van der Waals surface area (Å²) in [6.07, 6.45) is 4.89. The van der Waals surface area contributed by atoms with Crippen LogP contribution in [0.2, 0.25) is 0 Å². The fourth-order valence-corrected chi connectivity index (χ4v) is 2.23. The highest BCUT2D eigenvalue weighted by Crippen LogP contribution is 2.22. The lowest BCUT2D eigenvalue weighted by Gasteiger charge is -2.02. The predicted molar refractivity (Wildman–Crippen MR) is 88.3 cm³/mol. The second-order valence-corrected chi connectivity index (χ2v) is 5.06. The summed E-state index contributed by atoms with van der Waals surface area (Å²) in [7, 11) is 0. The first-order valence-corrected chi connectivity index (χ1v) is 7.27. The van der Waals surface area contributed by atoms with Crippen molar-refractivity contribution in [1.82, 2.24) is 20.1 Å². The van der Waals surface area contributed by atoms with Gasteiger partial charge in [-0.25, -0.2) is 4.68 Å². The van der Waals surface area contributed by atoms with Gasteiger partial charge in [-0.2, -0.15) is 5.10 Å². The third-order valence-corrected chi connectivity index (χ3v) is 3.34. The number of nitrogens with zero attached hydrogens (tertiary/aromatic N) is 3. The summed E-state index contributed by atoms with van der Waals surface area (Å²) in [5, 5.41) is 6.98. The van der Waals surface area contributed by atoms with Crippen LogP contribution in [0.15, 0.2) is 61.1 Å². The third-order valence-electron chi connectivity index (χ3n) is 3.34. The number of nitrogens with one attached hydrogen (secondary N) is 1. The second kappa shape index (κ2) is 6.74. The van der Waals surface area contributed by atoms with Gasteiger partial charge in [-0.15, -0.1) is 0 Å². The first-order chi connectivity index (χ1) is 11.6. The summed E-state index contributed by atoms with van der Waals surface area (Å²) in [5.41, 5.74) is 7.42. The molecule has 3 N–H and O–H groups in total. The van der Waals surface area contributed by atoms with Crippen molar-refractivity contribution in [2.24, 2.45) is 5.73 Å². The maximum atomic E-state index is 12.4. The number of carbonyl (C=O) groups is 2. The molecule has 2 heterocycles. The minimum absolute atomic E-state index is 0.234. The number of carbonyl (C=O) groups excluding carboxylic acids is 2. The van der Waals surface area contributed by atoms with Crippen molar-refractivity contribution in [3.8, 4) is 16.9 Å². The highest BCUT2D eigenvalue weighted by atomic mass is 16.2. The summed E-state index contributed by atoms with van der Waals surface area (Å²) in [5.74, 6) is -1.03. The SMILES string of the molecule is NC(=O)CNC(=O)c1cn(-c2ccccc2)nc1-c1cccnc1. The monoisotopic (exact) mass is 321 g/mol. The average Bonchev–Trinajstić information content (AvgIpc) is 3.06. The number of para-hydroxylation sites is 1. The van der Waals surface area contributed by atoms with Crippen LogP contribution in [0.5, 0.6) is 0 Å². The molecule has 0 unspecified atom stereocenters. The Morgan fingerprint density at radius 1 is 1.12 bits per heavy atom. The summed E-state index contributed by atoms with van der Waals surface area (Å²) < 4.78 is 1.61. The van der Waals surface area contributed by atoms with E-state index >= 15 is 0 Å². The molecular weight excluding hydrogens is 306 g/mol. The second-order valence-electron chi connectivity index (χ2n) is 5.06. The first-order valence-electron chi connectivity index (χ1n) is 7.27.